The molecule has 2 aromatic carbocycles. The minimum Gasteiger partial charge on any atom is -0.508 e. The third-order valence-corrected chi connectivity index (χ3v) is 7.28. The zero-order valence-electron chi connectivity index (χ0n) is 19.7. The van der Waals surface area contributed by atoms with E-state index in [0.29, 0.717) is 22.7 Å². The molecule has 1 unspecified atom stereocenters. The van der Waals surface area contributed by atoms with Gasteiger partial charge in [0.2, 0.25) is 12.7 Å². The maximum Gasteiger partial charge on any atom is 0.273 e. The first-order valence-electron chi connectivity index (χ1n) is 11.7. The van der Waals surface area contributed by atoms with Gasteiger partial charge >= 0.3 is 0 Å². The molecule has 3 amide bonds. The minimum absolute atomic E-state index is 0.0115. The second kappa shape index (κ2) is 9.97. The number of nitrogens with two attached hydrogens (primary N) is 2. The zero-order chi connectivity index (χ0) is 26.1. The number of benzene rings is 2. The molecule has 1 atom stereocenters. The molecule has 11 nitrogen and oxygen atoms in total. The predicted molar refractivity (Wildman–Crippen MR) is 136 cm³/mol. The number of phenolic OH excluding ortho intramolecular Hbond substituents is 1. The number of phenols is 1. The monoisotopic (exact) mass is 523 g/mol. The Morgan fingerprint density at radius 2 is 1.78 bits per heavy atom. The van der Waals surface area contributed by atoms with Gasteiger partial charge in [-0.2, -0.15) is 4.37 Å². The normalized spacial score (nSPS) is 15.4. The Labute approximate surface area is 216 Å². The molecular weight excluding hydrogens is 498 g/mol. The van der Waals surface area contributed by atoms with Gasteiger partial charge in [0.25, 0.3) is 11.8 Å². The van der Waals surface area contributed by atoms with E-state index >= 15 is 0 Å². The van der Waals surface area contributed by atoms with Gasteiger partial charge in [-0.15, -0.1) is 0 Å². The summed E-state index contributed by atoms with van der Waals surface area (Å²) in [6.07, 6.45) is 3.70. The molecule has 1 fully saturated rings. The molecule has 2 aliphatic rings. The summed E-state index contributed by atoms with van der Waals surface area (Å²) >= 11 is 0.726. The van der Waals surface area contributed by atoms with E-state index < -0.39 is 23.8 Å². The van der Waals surface area contributed by atoms with Crippen molar-refractivity contribution in [3.8, 4) is 17.2 Å². The van der Waals surface area contributed by atoms with Crippen molar-refractivity contribution in [1.82, 2.24) is 9.69 Å². The van der Waals surface area contributed by atoms with E-state index in [1.807, 2.05) is 0 Å². The maximum absolute atomic E-state index is 14.1. The van der Waals surface area contributed by atoms with Gasteiger partial charge in [0, 0.05) is 17.8 Å². The fourth-order valence-electron chi connectivity index (χ4n) is 4.58. The number of nitrogen functional groups attached to an aromatic ring is 1. The van der Waals surface area contributed by atoms with E-state index in [1.165, 1.54) is 17.0 Å². The molecule has 1 aliphatic carbocycles. The summed E-state index contributed by atoms with van der Waals surface area (Å²) in [5.74, 6) is -0.996. The number of carbonyl (C=O) groups is 3. The second-order valence-corrected chi connectivity index (χ2v) is 9.61. The quantitative estimate of drug-likeness (QED) is 0.366. The number of fused-ring (bicyclic) bond motifs is 1. The van der Waals surface area contributed by atoms with Crippen LogP contribution in [0, 0.1) is 0 Å². The van der Waals surface area contributed by atoms with Crippen LogP contribution >= 0.6 is 11.5 Å². The number of anilines is 2. The lowest BCUT2D eigenvalue weighted by atomic mass is 10.0. The lowest BCUT2D eigenvalue weighted by Gasteiger charge is -2.32. The Morgan fingerprint density at radius 1 is 1.08 bits per heavy atom. The van der Waals surface area contributed by atoms with Crippen molar-refractivity contribution in [1.29, 1.82) is 0 Å². The number of amides is 3. The summed E-state index contributed by atoms with van der Waals surface area (Å²) in [4.78, 5) is 40.9. The Kier molecular flexibility index (Phi) is 6.57. The zero-order valence-corrected chi connectivity index (χ0v) is 20.5. The number of nitrogens with one attached hydrogen (secondary N) is 1. The standard InChI is InChI=1S/C25H25N5O6S/c26-19-20(23(27)32)29-37-22(19)25(34)30(15-7-10-17-18(11-15)36-12-35-17)21(13-5-8-16(31)9-6-13)24(33)28-14-3-1-2-4-14/h5-11,14,21,31H,1-4,12,26H2,(H2,27,32)(H,28,33). The molecule has 192 valence electrons. The van der Waals surface area contributed by atoms with Gasteiger partial charge in [0.15, 0.2) is 17.2 Å². The smallest absolute Gasteiger partial charge is 0.273 e. The molecule has 5 rings (SSSR count). The molecule has 2 heterocycles. The largest absolute Gasteiger partial charge is 0.508 e. The van der Waals surface area contributed by atoms with Gasteiger partial charge in [-0.25, -0.2) is 0 Å². The number of carbonyl (C=O) groups excluding carboxylic acids is 3. The van der Waals surface area contributed by atoms with Gasteiger partial charge in [-0.05, 0) is 54.2 Å². The minimum atomic E-state index is -1.15. The van der Waals surface area contributed by atoms with Gasteiger partial charge in [-0.3, -0.25) is 19.3 Å². The van der Waals surface area contributed by atoms with Gasteiger partial charge in [0.1, 0.15) is 16.7 Å². The summed E-state index contributed by atoms with van der Waals surface area (Å²) in [6.45, 7) is 0.0278. The number of ether oxygens (including phenoxy) is 2. The van der Waals surface area contributed by atoms with Crippen molar-refractivity contribution in [3.63, 3.8) is 0 Å². The number of aromatic hydroxyl groups is 1. The molecular formula is C25H25N5O6S. The molecule has 37 heavy (non-hydrogen) atoms. The topological polar surface area (TPSA) is 170 Å². The molecule has 0 bridgehead atoms. The molecule has 1 saturated carbocycles. The van der Waals surface area contributed by atoms with E-state index in [-0.39, 0.29) is 34.8 Å². The van der Waals surface area contributed by atoms with Crippen molar-refractivity contribution in [2.24, 2.45) is 5.73 Å². The molecule has 0 spiro atoms. The Bertz CT molecular complexity index is 1350. The van der Waals surface area contributed by atoms with Crippen LogP contribution in [0.1, 0.15) is 57.4 Å². The molecule has 1 aromatic heterocycles. The highest BCUT2D eigenvalue weighted by Crippen LogP contribution is 2.40. The highest BCUT2D eigenvalue weighted by Gasteiger charge is 2.37. The number of primary amides is 1. The van der Waals surface area contributed by atoms with Crippen molar-refractivity contribution in [2.45, 2.75) is 37.8 Å². The van der Waals surface area contributed by atoms with E-state index in [2.05, 4.69) is 9.69 Å². The molecule has 12 heteroatoms. The van der Waals surface area contributed by atoms with Crippen molar-refractivity contribution >= 4 is 40.6 Å². The van der Waals surface area contributed by atoms with E-state index in [4.69, 9.17) is 20.9 Å². The van der Waals surface area contributed by atoms with E-state index in [1.54, 1.807) is 30.3 Å². The van der Waals surface area contributed by atoms with Gasteiger partial charge < -0.3 is 31.4 Å². The summed E-state index contributed by atoms with van der Waals surface area (Å²) in [5.41, 5.74) is 11.9. The molecule has 0 saturated heterocycles. The highest BCUT2D eigenvalue weighted by molar-refractivity contribution is 7.09. The van der Waals surface area contributed by atoms with Crippen LogP contribution < -0.4 is 31.2 Å². The average Bonchev–Trinajstić information content (AvgIpc) is 3.63. The van der Waals surface area contributed by atoms with Crippen LogP contribution in [0.2, 0.25) is 0 Å². The highest BCUT2D eigenvalue weighted by atomic mass is 32.1. The fraction of sp³-hybridized carbons (Fsp3) is 0.280. The van der Waals surface area contributed by atoms with Crippen LogP contribution in [0.3, 0.4) is 0 Å². The first kappa shape index (κ1) is 24.4. The Morgan fingerprint density at radius 3 is 2.46 bits per heavy atom. The SMILES string of the molecule is NC(=O)c1nsc(C(=O)N(c2ccc3c(c2)OCO3)C(C(=O)NC2CCCC2)c2ccc(O)cc2)c1N. The maximum atomic E-state index is 14.1. The number of aromatic nitrogens is 1. The summed E-state index contributed by atoms with van der Waals surface area (Å²) in [6, 6.07) is 9.75. The molecule has 1 aliphatic heterocycles. The third kappa shape index (κ3) is 4.75. The summed E-state index contributed by atoms with van der Waals surface area (Å²) < 4.78 is 14.9. The first-order valence-corrected chi connectivity index (χ1v) is 12.5. The van der Waals surface area contributed by atoms with Crippen LogP contribution in [0.4, 0.5) is 11.4 Å². The van der Waals surface area contributed by atoms with Crippen LogP contribution in [0.25, 0.3) is 0 Å². The number of nitrogens with zero attached hydrogens (tertiary/aromatic N) is 2. The van der Waals surface area contributed by atoms with Crippen LogP contribution in [-0.2, 0) is 4.79 Å². The molecule has 3 aromatic rings. The first-order chi connectivity index (χ1) is 17.8. The Balaban J connectivity index is 1.64. The van der Waals surface area contributed by atoms with Crippen LogP contribution in [-0.4, -0.2) is 40.0 Å². The fourth-order valence-corrected chi connectivity index (χ4v) is 5.32. The lowest BCUT2D eigenvalue weighted by molar-refractivity contribution is -0.123. The molecule has 0 radical (unpaired) electrons. The Hall–Kier alpha value is -4.32. The van der Waals surface area contributed by atoms with Crippen LogP contribution in [0.15, 0.2) is 42.5 Å². The predicted octanol–water partition coefficient (Wildman–Crippen LogP) is 2.71. The molecule has 6 N–H and O–H groups in total. The van der Waals surface area contributed by atoms with Crippen molar-refractivity contribution in [3.05, 3.63) is 58.6 Å². The van der Waals surface area contributed by atoms with E-state index in [9.17, 15) is 19.5 Å². The van der Waals surface area contributed by atoms with Gasteiger partial charge in [0.05, 0.1) is 5.69 Å². The number of hydrogen-bond donors (Lipinski definition) is 4. The summed E-state index contributed by atoms with van der Waals surface area (Å²) in [5, 5.41) is 12.9. The van der Waals surface area contributed by atoms with Crippen molar-refractivity contribution < 1.29 is 29.0 Å². The van der Waals surface area contributed by atoms with Gasteiger partial charge in [-0.1, -0.05) is 25.0 Å². The lowest BCUT2D eigenvalue weighted by Crippen LogP contribution is -2.46. The summed E-state index contributed by atoms with van der Waals surface area (Å²) in [7, 11) is 0. The number of hydrogen-bond acceptors (Lipinski definition) is 9. The van der Waals surface area contributed by atoms with Crippen LogP contribution in [0.5, 0.6) is 17.2 Å². The van der Waals surface area contributed by atoms with Crippen molar-refractivity contribution in [2.75, 3.05) is 17.4 Å². The second-order valence-electron chi connectivity index (χ2n) is 8.83. The average molecular weight is 524 g/mol. The number of rotatable bonds is 7. The van der Waals surface area contributed by atoms with E-state index in [0.717, 1.165) is 37.2 Å². The third-order valence-electron chi connectivity index (χ3n) is 6.43.